The highest BCUT2D eigenvalue weighted by atomic mass is 35.5. The average Bonchev–Trinajstić information content (AvgIpc) is 2.99. The highest BCUT2D eigenvalue weighted by Crippen LogP contribution is 2.29. The Labute approximate surface area is 165 Å². The van der Waals surface area contributed by atoms with Gasteiger partial charge in [0.1, 0.15) is 11.3 Å². The molecule has 0 spiro atoms. The van der Waals surface area contributed by atoms with Gasteiger partial charge in [0.25, 0.3) is 5.56 Å². The van der Waals surface area contributed by atoms with Gasteiger partial charge in [0.05, 0.1) is 21.7 Å². The number of halogens is 2. The van der Waals surface area contributed by atoms with Gasteiger partial charge >= 0.3 is 11.7 Å². The van der Waals surface area contributed by atoms with Crippen molar-refractivity contribution in [2.75, 3.05) is 0 Å². The molecule has 0 saturated heterocycles. The van der Waals surface area contributed by atoms with Gasteiger partial charge in [-0.15, -0.1) is 0 Å². The van der Waals surface area contributed by atoms with Crippen LogP contribution in [0.3, 0.4) is 0 Å². The van der Waals surface area contributed by atoms with Gasteiger partial charge in [0, 0.05) is 11.6 Å². The van der Waals surface area contributed by atoms with E-state index in [2.05, 4.69) is 4.98 Å². The van der Waals surface area contributed by atoms with E-state index in [0.29, 0.717) is 10.8 Å². The summed E-state index contributed by atoms with van der Waals surface area (Å²) in [7, 11) is 0. The van der Waals surface area contributed by atoms with Crippen LogP contribution >= 0.6 is 11.6 Å². The van der Waals surface area contributed by atoms with Crippen molar-refractivity contribution in [3.8, 4) is 5.69 Å². The number of carbonyl (C=O) groups is 1. The van der Waals surface area contributed by atoms with Crippen molar-refractivity contribution in [2.24, 2.45) is 0 Å². The van der Waals surface area contributed by atoms with E-state index in [1.807, 2.05) is 0 Å². The summed E-state index contributed by atoms with van der Waals surface area (Å²) in [4.78, 5) is 41.5. The standard InChI is InChI=1S/C20H9ClFN3O4/c21-12-3-1-2-10-11-6-7-23-17-16(11)25(18(26)15(10)12)20(29)24(17)14-5-4-9(19(27)28)8-13(14)22/h1-8H,(H,27,28). The smallest absolute Gasteiger partial charge is 0.342 e. The van der Waals surface area contributed by atoms with Gasteiger partial charge in [-0.3, -0.25) is 4.79 Å². The molecule has 9 heteroatoms. The molecule has 7 nitrogen and oxygen atoms in total. The van der Waals surface area contributed by atoms with Crippen molar-refractivity contribution in [2.45, 2.75) is 0 Å². The van der Waals surface area contributed by atoms with Crippen molar-refractivity contribution < 1.29 is 14.3 Å². The average molecular weight is 410 g/mol. The molecule has 0 aliphatic carbocycles. The van der Waals surface area contributed by atoms with Gasteiger partial charge in [-0.05, 0) is 35.7 Å². The maximum atomic E-state index is 14.7. The maximum absolute atomic E-state index is 14.7. The number of aromatic carboxylic acids is 1. The fraction of sp³-hybridized carbons (Fsp3) is 0. The second kappa shape index (κ2) is 5.86. The predicted molar refractivity (Wildman–Crippen MR) is 105 cm³/mol. The number of benzene rings is 2. The van der Waals surface area contributed by atoms with Crippen LogP contribution in [0.1, 0.15) is 10.4 Å². The van der Waals surface area contributed by atoms with E-state index < -0.39 is 23.0 Å². The largest absolute Gasteiger partial charge is 0.478 e. The number of carboxylic acid groups (broad SMARTS) is 1. The first-order valence-corrected chi connectivity index (χ1v) is 8.77. The zero-order valence-corrected chi connectivity index (χ0v) is 15.1. The molecule has 0 fully saturated rings. The first-order valence-electron chi connectivity index (χ1n) is 8.39. The topological polar surface area (TPSA) is 93.7 Å². The van der Waals surface area contributed by atoms with Crippen LogP contribution in [0.5, 0.6) is 0 Å². The summed E-state index contributed by atoms with van der Waals surface area (Å²) in [6.07, 6.45) is 1.45. The number of hydrogen-bond donors (Lipinski definition) is 1. The Hall–Kier alpha value is -3.78. The van der Waals surface area contributed by atoms with E-state index in [-0.39, 0.29) is 32.8 Å². The van der Waals surface area contributed by atoms with Crippen LogP contribution in [0.4, 0.5) is 4.39 Å². The molecule has 2 aromatic carbocycles. The minimum absolute atomic E-state index is 0.0773. The normalized spacial score (nSPS) is 11.7. The summed E-state index contributed by atoms with van der Waals surface area (Å²) in [6.45, 7) is 0. The molecule has 5 aromatic rings. The quantitative estimate of drug-likeness (QED) is 0.452. The highest BCUT2D eigenvalue weighted by molar-refractivity contribution is 6.36. The number of imidazole rings is 1. The SMILES string of the molecule is O=C(O)c1ccc(-n2c(=O)n3c(=O)c4c(Cl)cccc4c4ccnc2c43)c(F)c1. The van der Waals surface area contributed by atoms with E-state index in [0.717, 1.165) is 15.0 Å². The van der Waals surface area contributed by atoms with Crippen molar-refractivity contribution in [1.82, 2.24) is 14.0 Å². The summed E-state index contributed by atoms with van der Waals surface area (Å²) in [5.74, 6) is -2.23. The zero-order valence-electron chi connectivity index (χ0n) is 14.4. The lowest BCUT2D eigenvalue weighted by Crippen LogP contribution is -2.28. The number of fused-ring (bicyclic) bond motifs is 2. The molecular weight excluding hydrogens is 401 g/mol. The predicted octanol–water partition coefficient (Wildman–Crippen LogP) is 3.08. The van der Waals surface area contributed by atoms with Crippen molar-refractivity contribution >= 4 is 44.9 Å². The minimum atomic E-state index is -1.30. The van der Waals surface area contributed by atoms with E-state index in [1.165, 1.54) is 18.3 Å². The summed E-state index contributed by atoms with van der Waals surface area (Å²) in [5, 5.41) is 10.5. The summed E-state index contributed by atoms with van der Waals surface area (Å²) in [6, 6.07) is 9.75. The van der Waals surface area contributed by atoms with Gasteiger partial charge in [0.15, 0.2) is 5.65 Å². The van der Waals surface area contributed by atoms with Crippen LogP contribution in [0, 0.1) is 5.82 Å². The second-order valence-corrected chi connectivity index (χ2v) is 6.83. The molecule has 3 aromatic heterocycles. The number of pyridine rings is 2. The van der Waals surface area contributed by atoms with Gasteiger partial charge < -0.3 is 5.11 Å². The fourth-order valence-corrected chi connectivity index (χ4v) is 3.89. The number of hydrogen-bond acceptors (Lipinski definition) is 4. The molecule has 0 bridgehead atoms. The molecule has 29 heavy (non-hydrogen) atoms. The third-order valence-electron chi connectivity index (χ3n) is 4.88. The van der Waals surface area contributed by atoms with Crippen LogP contribution < -0.4 is 11.2 Å². The molecule has 3 heterocycles. The van der Waals surface area contributed by atoms with Crippen LogP contribution in [0.15, 0.2) is 58.3 Å². The third-order valence-corrected chi connectivity index (χ3v) is 5.19. The van der Waals surface area contributed by atoms with Crippen LogP contribution in [-0.4, -0.2) is 25.0 Å². The second-order valence-electron chi connectivity index (χ2n) is 6.42. The molecule has 0 radical (unpaired) electrons. The number of rotatable bonds is 2. The number of carboxylic acids is 1. The Morgan fingerprint density at radius 2 is 1.90 bits per heavy atom. The summed E-state index contributed by atoms with van der Waals surface area (Å²) in [5.41, 5.74) is -1.62. The molecule has 0 amide bonds. The summed E-state index contributed by atoms with van der Waals surface area (Å²) >= 11 is 6.21. The van der Waals surface area contributed by atoms with Gasteiger partial charge in [-0.2, -0.15) is 0 Å². The lowest BCUT2D eigenvalue weighted by molar-refractivity contribution is 0.0696. The lowest BCUT2D eigenvalue weighted by Gasteiger charge is -2.06. The number of aromatic nitrogens is 3. The summed E-state index contributed by atoms with van der Waals surface area (Å²) < 4.78 is 16.6. The molecule has 0 aliphatic rings. The molecule has 0 atom stereocenters. The van der Waals surface area contributed by atoms with Gasteiger partial charge in [0.2, 0.25) is 0 Å². The first-order chi connectivity index (χ1) is 13.9. The third kappa shape index (κ3) is 2.23. The van der Waals surface area contributed by atoms with Crippen molar-refractivity contribution in [1.29, 1.82) is 0 Å². The maximum Gasteiger partial charge on any atom is 0.342 e. The fourth-order valence-electron chi connectivity index (χ4n) is 3.64. The van der Waals surface area contributed by atoms with Gasteiger partial charge in [-0.25, -0.2) is 27.9 Å². The Morgan fingerprint density at radius 3 is 2.62 bits per heavy atom. The van der Waals surface area contributed by atoms with E-state index in [1.54, 1.807) is 24.3 Å². The molecule has 0 aliphatic heterocycles. The zero-order chi connectivity index (χ0) is 20.4. The van der Waals surface area contributed by atoms with E-state index in [9.17, 15) is 18.8 Å². The van der Waals surface area contributed by atoms with E-state index in [4.69, 9.17) is 16.7 Å². The number of nitrogens with zero attached hydrogens (tertiary/aromatic N) is 3. The lowest BCUT2D eigenvalue weighted by atomic mass is 10.1. The Kier molecular flexibility index (Phi) is 3.50. The van der Waals surface area contributed by atoms with Gasteiger partial charge in [-0.1, -0.05) is 23.7 Å². The Bertz CT molecular complexity index is 1610. The van der Waals surface area contributed by atoms with Crippen molar-refractivity contribution in [3.05, 3.63) is 85.9 Å². The molecule has 1 N–H and O–H groups in total. The van der Waals surface area contributed by atoms with Crippen molar-refractivity contribution in [3.63, 3.8) is 0 Å². The minimum Gasteiger partial charge on any atom is -0.478 e. The monoisotopic (exact) mass is 409 g/mol. The molecular formula is C20H9ClFN3O4. The van der Waals surface area contributed by atoms with E-state index >= 15 is 0 Å². The van der Waals surface area contributed by atoms with Crippen LogP contribution in [0.2, 0.25) is 5.02 Å². The molecule has 0 unspecified atom stereocenters. The first kappa shape index (κ1) is 17.3. The molecule has 5 rings (SSSR count). The van der Waals surface area contributed by atoms with Crippen LogP contribution in [0.25, 0.3) is 33.0 Å². The molecule has 0 saturated carbocycles. The Balaban J connectivity index is 2.01. The molecule has 142 valence electrons. The highest BCUT2D eigenvalue weighted by Gasteiger charge is 2.23. The Morgan fingerprint density at radius 1 is 1.10 bits per heavy atom. The van der Waals surface area contributed by atoms with Crippen LogP contribution in [-0.2, 0) is 0 Å².